The first-order valence-corrected chi connectivity index (χ1v) is 4.34. The molecule has 0 saturated heterocycles. The molecule has 1 aromatic carbocycles. The van der Waals surface area contributed by atoms with E-state index in [0.717, 1.165) is 5.56 Å². The fraction of sp³-hybridized carbons (Fsp3) is 0.273. The number of hydrogen-bond donors (Lipinski definition) is 2. The Kier molecular flexibility index (Phi) is 3.84. The van der Waals surface area contributed by atoms with Crippen LogP contribution in [-0.2, 0) is 0 Å². The molecule has 0 fully saturated rings. The number of methoxy groups -OCH3 is 1. The Balaban J connectivity index is 2.82. The van der Waals surface area contributed by atoms with Crippen LogP contribution in [-0.4, -0.2) is 18.8 Å². The highest BCUT2D eigenvalue weighted by Crippen LogP contribution is 2.25. The summed E-state index contributed by atoms with van der Waals surface area (Å²) in [6.45, 7) is 0.551. The van der Waals surface area contributed by atoms with E-state index in [0.29, 0.717) is 18.7 Å². The summed E-state index contributed by atoms with van der Waals surface area (Å²) in [5, 5.41) is 9.43. The summed E-state index contributed by atoms with van der Waals surface area (Å²) in [6.07, 6.45) is 0.660. The van der Waals surface area contributed by atoms with Crippen molar-refractivity contribution in [3.05, 3.63) is 23.8 Å². The molecule has 0 heterocycles. The molecule has 0 bridgehead atoms. The van der Waals surface area contributed by atoms with E-state index < -0.39 is 0 Å². The van der Waals surface area contributed by atoms with Crippen LogP contribution in [0.4, 0.5) is 0 Å². The van der Waals surface area contributed by atoms with E-state index in [-0.39, 0.29) is 5.75 Å². The van der Waals surface area contributed by atoms with Crippen molar-refractivity contribution >= 4 is 0 Å². The SMILES string of the molecule is COc1ccc(C#CCCN)cc1O. The summed E-state index contributed by atoms with van der Waals surface area (Å²) in [5.41, 5.74) is 6.06. The number of hydrogen-bond acceptors (Lipinski definition) is 3. The fourth-order valence-corrected chi connectivity index (χ4v) is 1.00. The van der Waals surface area contributed by atoms with E-state index >= 15 is 0 Å². The molecule has 74 valence electrons. The van der Waals surface area contributed by atoms with Gasteiger partial charge in [-0.1, -0.05) is 11.8 Å². The van der Waals surface area contributed by atoms with E-state index in [4.69, 9.17) is 10.5 Å². The zero-order valence-corrected chi connectivity index (χ0v) is 8.08. The van der Waals surface area contributed by atoms with Gasteiger partial charge in [-0.2, -0.15) is 0 Å². The van der Waals surface area contributed by atoms with E-state index in [1.807, 2.05) is 0 Å². The Morgan fingerprint density at radius 2 is 2.29 bits per heavy atom. The number of nitrogens with two attached hydrogens (primary N) is 1. The summed E-state index contributed by atoms with van der Waals surface area (Å²) in [7, 11) is 1.51. The predicted octanol–water partition coefficient (Wildman–Crippen LogP) is 1.10. The molecular weight excluding hydrogens is 178 g/mol. The molecule has 0 aliphatic rings. The molecule has 0 unspecified atom stereocenters. The third kappa shape index (κ3) is 2.68. The molecule has 3 heteroatoms. The second kappa shape index (κ2) is 5.15. The van der Waals surface area contributed by atoms with Gasteiger partial charge < -0.3 is 15.6 Å². The summed E-state index contributed by atoms with van der Waals surface area (Å²) in [6, 6.07) is 5.05. The van der Waals surface area contributed by atoms with Crippen molar-refractivity contribution in [3.8, 4) is 23.3 Å². The first kappa shape index (κ1) is 10.4. The molecule has 0 atom stereocenters. The van der Waals surface area contributed by atoms with Crippen LogP contribution in [0, 0.1) is 11.8 Å². The molecule has 0 spiro atoms. The van der Waals surface area contributed by atoms with Crippen LogP contribution in [0.5, 0.6) is 11.5 Å². The largest absolute Gasteiger partial charge is 0.504 e. The van der Waals surface area contributed by atoms with E-state index in [1.54, 1.807) is 18.2 Å². The van der Waals surface area contributed by atoms with Gasteiger partial charge in [-0.05, 0) is 18.2 Å². The molecule has 0 aromatic heterocycles. The number of benzene rings is 1. The molecule has 0 aliphatic carbocycles. The van der Waals surface area contributed by atoms with Gasteiger partial charge >= 0.3 is 0 Å². The van der Waals surface area contributed by atoms with Crippen molar-refractivity contribution in [2.45, 2.75) is 6.42 Å². The van der Waals surface area contributed by atoms with Crippen LogP contribution in [0.2, 0.25) is 0 Å². The smallest absolute Gasteiger partial charge is 0.160 e. The molecule has 1 aromatic rings. The zero-order chi connectivity index (χ0) is 10.4. The van der Waals surface area contributed by atoms with E-state index in [1.165, 1.54) is 7.11 Å². The van der Waals surface area contributed by atoms with Gasteiger partial charge in [0.2, 0.25) is 0 Å². The van der Waals surface area contributed by atoms with Crippen molar-refractivity contribution in [1.29, 1.82) is 0 Å². The summed E-state index contributed by atoms with van der Waals surface area (Å²) in [5.74, 6) is 6.34. The number of ether oxygens (including phenoxy) is 1. The van der Waals surface area contributed by atoms with Crippen LogP contribution < -0.4 is 10.5 Å². The lowest BCUT2D eigenvalue weighted by atomic mass is 10.2. The summed E-state index contributed by atoms with van der Waals surface area (Å²) < 4.78 is 4.91. The quantitative estimate of drug-likeness (QED) is 0.688. The molecule has 0 radical (unpaired) electrons. The van der Waals surface area contributed by atoms with E-state index in [2.05, 4.69) is 11.8 Å². The average molecular weight is 191 g/mol. The molecule has 0 saturated carbocycles. The monoisotopic (exact) mass is 191 g/mol. The molecule has 0 aliphatic heterocycles. The Labute approximate surface area is 83.5 Å². The van der Waals surface area contributed by atoms with Crippen molar-refractivity contribution in [3.63, 3.8) is 0 Å². The highest BCUT2D eigenvalue weighted by atomic mass is 16.5. The highest BCUT2D eigenvalue weighted by molar-refractivity contribution is 5.47. The third-order valence-corrected chi connectivity index (χ3v) is 1.68. The van der Waals surface area contributed by atoms with Gasteiger partial charge in [-0.25, -0.2) is 0 Å². The second-order valence-electron chi connectivity index (χ2n) is 2.73. The van der Waals surface area contributed by atoms with Crippen LogP contribution in [0.15, 0.2) is 18.2 Å². The third-order valence-electron chi connectivity index (χ3n) is 1.68. The molecule has 3 nitrogen and oxygen atoms in total. The maximum absolute atomic E-state index is 9.43. The number of aromatic hydroxyl groups is 1. The molecule has 0 amide bonds. The van der Waals surface area contributed by atoms with Gasteiger partial charge in [0.25, 0.3) is 0 Å². The first-order chi connectivity index (χ1) is 6.77. The van der Waals surface area contributed by atoms with Crippen molar-refractivity contribution < 1.29 is 9.84 Å². The maximum atomic E-state index is 9.43. The fourth-order valence-electron chi connectivity index (χ4n) is 1.00. The minimum absolute atomic E-state index is 0.104. The van der Waals surface area contributed by atoms with Gasteiger partial charge in [0, 0.05) is 18.5 Å². The van der Waals surface area contributed by atoms with Crippen molar-refractivity contribution in [2.75, 3.05) is 13.7 Å². The molecule has 14 heavy (non-hydrogen) atoms. The number of phenolic OH excluding ortho intramolecular Hbond substituents is 1. The summed E-state index contributed by atoms with van der Waals surface area (Å²) in [4.78, 5) is 0. The lowest BCUT2D eigenvalue weighted by Gasteiger charge is -2.01. The predicted molar refractivity (Wildman–Crippen MR) is 55.2 cm³/mol. The second-order valence-corrected chi connectivity index (χ2v) is 2.73. The Hall–Kier alpha value is -1.66. The zero-order valence-electron chi connectivity index (χ0n) is 8.08. The Morgan fingerprint density at radius 1 is 1.50 bits per heavy atom. The average Bonchev–Trinajstić information content (AvgIpc) is 2.18. The van der Waals surface area contributed by atoms with Crippen LogP contribution in [0.3, 0.4) is 0 Å². The van der Waals surface area contributed by atoms with Gasteiger partial charge in [-0.3, -0.25) is 0 Å². The minimum atomic E-state index is 0.104. The summed E-state index contributed by atoms with van der Waals surface area (Å²) >= 11 is 0. The van der Waals surface area contributed by atoms with Gasteiger partial charge in [-0.15, -0.1) is 0 Å². The Bertz CT molecular complexity index is 363. The first-order valence-electron chi connectivity index (χ1n) is 4.34. The normalized spacial score (nSPS) is 9.00. The van der Waals surface area contributed by atoms with Crippen molar-refractivity contribution in [1.82, 2.24) is 0 Å². The van der Waals surface area contributed by atoms with Crippen LogP contribution >= 0.6 is 0 Å². The van der Waals surface area contributed by atoms with E-state index in [9.17, 15) is 5.11 Å². The van der Waals surface area contributed by atoms with Crippen LogP contribution in [0.1, 0.15) is 12.0 Å². The maximum Gasteiger partial charge on any atom is 0.160 e. The van der Waals surface area contributed by atoms with Gasteiger partial charge in [0.05, 0.1) is 7.11 Å². The van der Waals surface area contributed by atoms with Gasteiger partial charge in [0.1, 0.15) is 0 Å². The van der Waals surface area contributed by atoms with Gasteiger partial charge in [0.15, 0.2) is 11.5 Å². The standard InChI is InChI=1S/C11H13NO2/c1-14-11-6-5-9(8-10(11)13)4-2-3-7-12/h5-6,8,13H,3,7,12H2,1H3. The Morgan fingerprint density at radius 3 is 2.86 bits per heavy atom. The number of rotatable bonds is 2. The molecule has 3 N–H and O–H groups in total. The van der Waals surface area contributed by atoms with Crippen LogP contribution in [0.25, 0.3) is 0 Å². The minimum Gasteiger partial charge on any atom is -0.504 e. The topological polar surface area (TPSA) is 55.5 Å². The highest BCUT2D eigenvalue weighted by Gasteiger charge is 1.99. The van der Waals surface area contributed by atoms with Crippen molar-refractivity contribution in [2.24, 2.45) is 5.73 Å². The molecule has 1 rings (SSSR count). The lowest BCUT2D eigenvalue weighted by Crippen LogP contribution is -1.95. The molecular formula is C11H13NO2. The lowest BCUT2D eigenvalue weighted by molar-refractivity contribution is 0.373. The number of phenols is 1.